The fourth-order valence-corrected chi connectivity index (χ4v) is 2.29. The van der Waals surface area contributed by atoms with Gasteiger partial charge in [-0.3, -0.25) is 0 Å². The number of hydrogen-bond acceptors (Lipinski definition) is 3. The molecule has 2 heterocycles. The van der Waals surface area contributed by atoms with Gasteiger partial charge in [-0.2, -0.15) is 0 Å². The van der Waals surface area contributed by atoms with Crippen LogP contribution in [0.25, 0.3) is 0 Å². The number of piperidine rings is 1. The zero-order valence-corrected chi connectivity index (χ0v) is 9.32. The predicted octanol–water partition coefficient (Wildman–Crippen LogP) is 2.29. The highest BCUT2D eigenvalue weighted by Crippen LogP contribution is 2.27. The lowest BCUT2D eigenvalue weighted by Gasteiger charge is -2.34. The van der Waals surface area contributed by atoms with Crippen LogP contribution in [0.1, 0.15) is 26.2 Å². The lowest BCUT2D eigenvalue weighted by molar-refractivity contribution is 0.405. The highest BCUT2D eigenvalue weighted by atomic mass is 15.2. The maximum Gasteiger partial charge on any atom is 0.146 e. The molecule has 15 heavy (non-hydrogen) atoms. The topological polar surface area (TPSA) is 42.2 Å². The normalized spacial score (nSPS) is 21.7. The van der Waals surface area contributed by atoms with Gasteiger partial charge in [0.05, 0.1) is 5.69 Å². The van der Waals surface area contributed by atoms with Crippen LogP contribution >= 0.6 is 0 Å². The van der Waals surface area contributed by atoms with Crippen molar-refractivity contribution < 1.29 is 0 Å². The van der Waals surface area contributed by atoms with E-state index < -0.39 is 0 Å². The molecule has 1 aliphatic rings. The van der Waals surface area contributed by atoms with Crippen molar-refractivity contribution in [2.45, 2.75) is 26.2 Å². The van der Waals surface area contributed by atoms with Crippen LogP contribution in [-0.2, 0) is 0 Å². The number of anilines is 2. The largest absolute Gasteiger partial charge is 0.382 e. The fourth-order valence-electron chi connectivity index (χ4n) is 2.29. The van der Waals surface area contributed by atoms with Crippen LogP contribution < -0.4 is 10.6 Å². The number of nitrogens with zero attached hydrogens (tertiary/aromatic N) is 2. The van der Waals surface area contributed by atoms with Crippen LogP contribution in [-0.4, -0.2) is 18.1 Å². The Morgan fingerprint density at radius 1 is 1.60 bits per heavy atom. The molecule has 0 amide bonds. The van der Waals surface area contributed by atoms with Crippen molar-refractivity contribution in [3.8, 4) is 0 Å². The van der Waals surface area contributed by atoms with E-state index >= 15 is 0 Å². The van der Waals surface area contributed by atoms with E-state index in [1.165, 1.54) is 19.3 Å². The molecule has 1 aromatic rings. The highest BCUT2D eigenvalue weighted by Gasteiger charge is 2.19. The van der Waals surface area contributed by atoms with Gasteiger partial charge in [-0.05, 0) is 30.9 Å². The number of hydrogen-bond donors (Lipinski definition) is 1. The summed E-state index contributed by atoms with van der Waals surface area (Å²) in [6.07, 6.45) is 5.64. The Labute approximate surface area is 91.3 Å². The predicted molar refractivity (Wildman–Crippen MR) is 63.9 cm³/mol. The molecule has 1 saturated heterocycles. The molecule has 1 unspecified atom stereocenters. The van der Waals surface area contributed by atoms with Gasteiger partial charge in [0.25, 0.3) is 0 Å². The highest BCUT2D eigenvalue weighted by molar-refractivity contribution is 5.63. The third kappa shape index (κ3) is 2.22. The van der Waals surface area contributed by atoms with E-state index in [9.17, 15) is 0 Å². The maximum absolute atomic E-state index is 5.89. The van der Waals surface area contributed by atoms with Crippen molar-refractivity contribution >= 4 is 11.5 Å². The zero-order chi connectivity index (χ0) is 10.7. The molecule has 0 spiro atoms. The fraction of sp³-hybridized carbons (Fsp3) is 0.583. The molecule has 0 saturated carbocycles. The molecule has 3 nitrogen and oxygen atoms in total. The van der Waals surface area contributed by atoms with Crippen LogP contribution in [0.4, 0.5) is 11.5 Å². The second-order valence-corrected chi connectivity index (χ2v) is 4.27. The molecule has 2 rings (SSSR count). The van der Waals surface area contributed by atoms with E-state index in [1.54, 1.807) is 6.20 Å². The maximum atomic E-state index is 5.89. The summed E-state index contributed by atoms with van der Waals surface area (Å²) in [7, 11) is 0. The van der Waals surface area contributed by atoms with E-state index in [-0.39, 0.29) is 0 Å². The summed E-state index contributed by atoms with van der Waals surface area (Å²) in [4.78, 5) is 6.52. The zero-order valence-electron chi connectivity index (χ0n) is 9.32. The van der Waals surface area contributed by atoms with Gasteiger partial charge >= 0.3 is 0 Å². The lowest BCUT2D eigenvalue weighted by atomic mass is 9.95. The van der Waals surface area contributed by atoms with Gasteiger partial charge in [-0.25, -0.2) is 4.98 Å². The first-order chi connectivity index (χ1) is 7.31. The van der Waals surface area contributed by atoms with Crippen molar-refractivity contribution in [3.05, 3.63) is 18.3 Å². The standard InChI is InChI=1S/C12H19N3/c1-2-10-5-4-8-15(9-10)11-6-3-7-14-12(11)13/h3,6-7,10H,2,4-5,8-9H2,1H3,(H2,13,14). The monoisotopic (exact) mass is 205 g/mol. The number of nitrogens with two attached hydrogens (primary N) is 1. The molecule has 0 aliphatic carbocycles. The van der Waals surface area contributed by atoms with Crippen LogP contribution in [0.2, 0.25) is 0 Å². The number of nitrogen functional groups attached to an aromatic ring is 1. The molecule has 1 aromatic heterocycles. The van der Waals surface area contributed by atoms with Gasteiger partial charge in [-0.15, -0.1) is 0 Å². The molecule has 3 heteroatoms. The van der Waals surface area contributed by atoms with Crippen LogP contribution in [0.3, 0.4) is 0 Å². The second-order valence-electron chi connectivity index (χ2n) is 4.27. The molecular formula is C12H19N3. The Bertz CT molecular complexity index is 324. The minimum atomic E-state index is 0.661. The quantitative estimate of drug-likeness (QED) is 0.805. The van der Waals surface area contributed by atoms with E-state index in [0.717, 1.165) is 24.7 Å². The third-order valence-corrected chi connectivity index (χ3v) is 3.25. The first kappa shape index (κ1) is 10.3. The first-order valence-corrected chi connectivity index (χ1v) is 5.76. The minimum Gasteiger partial charge on any atom is -0.382 e. The Morgan fingerprint density at radius 3 is 3.20 bits per heavy atom. The summed E-state index contributed by atoms with van der Waals surface area (Å²) >= 11 is 0. The van der Waals surface area contributed by atoms with Crippen molar-refractivity contribution in [1.82, 2.24) is 4.98 Å². The number of pyridine rings is 1. The third-order valence-electron chi connectivity index (χ3n) is 3.25. The van der Waals surface area contributed by atoms with Gasteiger partial charge in [0.2, 0.25) is 0 Å². The van der Waals surface area contributed by atoms with Crippen LogP contribution in [0.15, 0.2) is 18.3 Å². The number of rotatable bonds is 2. The van der Waals surface area contributed by atoms with E-state index in [1.807, 2.05) is 6.07 Å². The molecule has 0 radical (unpaired) electrons. The Morgan fingerprint density at radius 2 is 2.47 bits per heavy atom. The van der Waals surface area contributed by atoms with Gasteiger partial charge < -0.3 is 10.6 Å². The van der Waals surface area contributed by atoms with E-state index in [0.29, 0.717) is 5.82 Å². The molecule has 0 aromatic carbocycles. The SMILES string of the molecule is CCC1CCCN(c2cccnc2N)C1. The first-order valence-electron chi connectivity index (χ1n) is 5.76. The number of aromatic nitrogens is 1. The van der Waals surface area contributed by atoms with Crippen LogP contribution in [0.5, 0.6) is 0 Å². The summed E-state index contributed by atoms with van der Waals surface area (Å²) in [5.74, 6) is 1.48. The van der Waals surface area contributed by atoms with E-state index in [2.05, 4.69) is 22.9 Å². The Balaban J connectivity index is 2.13. The van der Waals surface area contributed by atoms with Crippen molar-refractivity contribution in [1.29, 1.82) is 0 Å². The Hall–Kier alpha value is -1.25. The lowest BCUT2D eigenvalue weighted by Crippen LogP contribution is -2.35. The summed E-state index contributed by atoms with van der Waals surface area (Å²) in [5.41, 5.74) is 6.99. The molecule has 2 N–H and O–H groups in total. The summed E-state index contributed by atoms with van der Waals surface area (Å²) in [5, 5.41) is 0. The molecular weight excluding hydrogens is 186 g/mol. The molecule has 1 fully saturated rings. The van der Waals surface area contributed by atoms with Gasteiger partial charge in [0, 0.05) is 19.3 Å². The molecule has 1 atom stereocenters. The molecule has 82 valence electrons. The van der Waals surface area contributed by atoms with Crippen molar-refractivity contribution in [2.75, 3.05) is 23.7 Å². The minimum absolute atomic E-state index is 0.661. The average Bonchev–Trinajstić information content (AvgIpc) is 2.30. The summed E-state index contributed by atoms with van der Waals surface area (Å²) < 4.78 is 0. The Kier molecular flexibility index (Phi) is 3.09. The van der Waals surface area contributed by atoms with Crippen molar-refractivity contribution in [3.63, 3.8) is 0 Å². The summed E-state index contributed by atoms with van der Waals surface area (Å²) in [6.45, 7) is 4.51. The smallest absolute Gasteiger partial charge is 0.146 e. The second kappa shape index (κ2) is 4.51. The van der Waals surface area contributed by atoms with Gasteiger partial charge in [-0.1, -0.05) is 13.3 Å². The summed E-state index contributed by atoms with van der Waals surface area (Å²) in [6, 6.07) is 4.03. The van der Waals surface area contributed by atoms with Gasteiger partial charge in [0.1, 0.15) is 5.82 Å². The van der Waals surface area contributed by atoms with Crippen molar-refractivity contribution in [2.24, 2.45) is 5.92 Å². The average molecular weight is 205 g/mol. The van der Waals surface area contributed by atoms with Gasteiger partial charge in [0.15, 0.2) is 0 Å². The van der Waals surface area contributed by atoms with E-state index in [4.69, 9.17) is 5.73 Å². The molecule has 1 aliphatic heterocycles. The van der Waals surface area contributed by atoms with Crippen LogP contribution in [0, 0.1) is 5.92 Å². The molecule has 0 bridgehead atoms.